The number of rotatable bonds is 6. The second kappa shape index (κ2) is 5.92. The van der Waals surface area contributed by atoms with Crippen LogP contribution in [0.1, 0.15) is 24.8 Å². The number of amides is 1. The highest BCUT2D eigenvalue weighted by atomic mass is 19.1. The van der Waals surface area contributed by atoms with Crippen molar-refractivity contribution in [1.82, 2.24) is 10.2 Å². The van der Waals surface area contributed by atoms with Crippen LogP contribution in [0, 0.1) is 11.7 Å². The Hall–Kier alpha value is -1.42. The first-order valence-electron chi connectivity index (χ1n) is 7.46. The van der Waals surface area contributed by atoms with Gasteiger partial charge in [-0.25, -0.2) is 4.39 Å². The molecule has 4 heteroatoms. The van der Waals surface area contributed by atoms with Gasteiger partial charge in [0.2, 0.25) is 5.91 Å². The van der Waals surface area contributed by atoms with E-state index in [1.165, 1.54) is 25.0 Å². The fourth-order valence-electron chi connectivity index (χ4n) is 2.70. The molecule has 1 atom stereocenters. The fraction of sp³-hybridized carbons (Fsp3) is 0.562. The molecule has 20 heavy (non-hydrogen) atoms. The minimum atomic E-state index is -0.213. The van der Waals surface area contributed by atoms with Gasteiger partial charge >= 0.3 is 0 Å². The summed E-state index contributed by atoms with van der Waals surface area (Å²) in [6, 6.07) is 6.84. The number of halogens is 1. The van der Waals surface area contributed by atoms with Gasteiger partial charge in [0.1, 0.15) is 5.82 Å². The summed E-state index contributed by atoms with van der Waals surface area (Å²) in [6.45, 7) is 2.60. The molecule has 1 saturated heterocycles. The SMILES string of the molecule is O=C1C[C@H](NCC2CC2)CN1CCc1ccc(F)cc1. The van der Waals surface area contributed by atoms with E-state index in [2.05, 4.69) is 5.32 Å². The zero-order valence-corrected chi connectivity index (χ0v) is 11.6. The Morgan fingerprint density at radius 1 is 1.25 bits per heavy atom. The third-order valence-electron chi connectivity index (χ3n) is 4.19. The smallest absolute Gasteiger partial charge is 0.224 e. The largest absolute Gasteiger partial charge is 0.341 e. The molecule has 1 N–H and O–H groups in total. The number of carbonyl (C=O) groups excluding carboxylic acids is 1. The number of benzene rings is 1. The number of likely N-dealkylation sites (tertiary alicyclic amines) is 1. The van der Waals surface area contributed by atoms with Crippen molar-refractivity contribution in [3.63, 3.8) is 0 Å². The summed E-state index contributed by atoms with van der Waals surface area (Å²) in [4.78, 5) is 13.9. The Labute approximate surface area is 119 Å². The van der Waals surface area contributed by atoms with Gasteiger partial charge in [-0.05, 0) is 49.4 Å². The second-order valence-corrected chi connectivity index (χ2v) is 5.97. The maximum Gasteiger partial charge on any atom is 0.224 e. The lowest BCUT2D eigenvalue weighted by Gasteiger charge is -2.17. The molecule has 0 spiro atoms. The van der Waals surface area contributed by atoms with Crippen LogP contribution in [-0.2, 0) is 11.2 Å². The topological polar surface area (TPSA) is 32.3 Å². The lowest BCUT2D eigenvalue weighted by Crippen LogP contribution is -2.34. The molecule has 2 fully saturated rings. The van der Waals surface area contributed by atoms with Crippen molar-refractivity contribution in [2.24, 2.45) is 5.92 Å². The fourth-order valence-corrected chi connectivity index (χ4v) is 2.70. The molecule has 2 aliphatic rings. The van der Waals surface area contributed by atoms with E-state index in [-0.39, 0.29) is 11.7 Å². The molecule has 1 saturated carbocycles. The van der Waals surface area contributed by atoms with Crippen LogP contribution >= 0.6 is 0 Å². The Morgan fingerprint density at radius 3 is 2.70 bits per heavy atom. The van der Waals surface area contributed by atoms with Gasteiger partial charge in [-0.15, -0.1) is 0 Å². The molecular formula is C16H21FN2O. The molecule has 3 rings (SSSR count). The van der Waals surface area contributed by atoms with Crippen LogP contribution in [-0.4, -0.2) is 36.5 Å². The van der Waals surface area contributed by atoms with Gasteiger partial charge in [0.25, 0.3) is 0 Å². The molecule has 0 aromatic heterocycles. The van der Waals surface area contributed by atoms with Crippen LogP contribution in [0.25, 0.3) is 0 Å². The van der Waals surface area contributed by atoms with Crippen LogP contribution in [0.2, 0.25) is 0 Å². The highest BCUT2D eigenvalue weighted by Crippen LogP contribution is 2.28. The van der Waals surface area contributed by atoms with Gasteiger partial charge in [-0.1, -0.05) is 12.1 Å². The zero-order valence-electron chi connectivity index (χ0n) is 11.6. The molecule has 1 aliphatic heterocycles. The van der Waals surface area contributed by atoms with E-state index in [1.54, 1.807) is 12.1 Å². The summed E-state index contributed by atoms with van der Waals surface area (Å²) < 4.78 is 12.8. The number of nitrogens with zero attached hydrogens (tertiary/aromatic N) is 1. The van der Waals surface area contributed by atoms with Crippen molar-refractivity contribution in [1.29, 1.82) is 0 Å². The molecule has 1 heterocycles. The highest BCUT2D eigenvalue weighted by Gasteiger charge is 2.30. The second-order valence-electron chi connectivity index (χ2n) is 5.97. The van der Waals surface area contributed by atoms with Gasteiger partial charge in [0.05, 0.1) is 0 Å². The van der Waals surface area contributed by atoms with Gasteiger partial charge in [-0.3, -0.25) is 4.79 Å². The third-order valence-corrected chi connectivity index (χ3v) is 4.19. The normalized spacial score (nSPS) is 22.6. The predicted octanol–water partition coefficient (Wildman–Crippen LogP) is 1.97. The maximum atomic E-state index is 12.8. The van der Waals surface area contributed by atoms with Crippen molar-refractivity contribution < 1.29 is 9.18 Å². The van der Waals surface area contributed by atoms with E-state index >= 15 is 0 Å². The van der Waals surface area contributed by atoms with Gasteiger partial charge in [-0.2, -0.15) is 0 Å². The summed E-state index contributed by atoms with van der Waals surface area (Å²) in [6.07, 6.45) is 4.08. The first kappa shape index (κ1) is 13.6. The molecule has 1 aliphatic carbocycles. The van der Waals surface area contributed by atoms with Gasteiger partial charge in [0, 0.05) is 25.6 Å². The first-order chi connectivity index (χ1) is 9.70. The summed E-state index contributed by atoms with van der Waals surface area (Å²) in [5.74, 6) is 0.870. The van der Waals surface area contributed by atoms with Crippen LogP contribution in [0.5, 0.6) is 0 Å². The highest BCUT2D eigenvalue weighted by molar-refractivity contribution is 5.79. The zero-order chi connectivity index (χ0) is 13.9. The van der Waals surface area contributed by atoms with Crippen molar-refractivity contribution in [2.45, 2.75) is 31.7 Å². The third kappa shape index (κ3) is 3.57. The van der Waals surface area contributed by atoms with Crippen LogP contribution < -0.4 is 5.32 Å². The first-order valence-corrected chi connectivity index (χ1v) is 7.46. The molecule has 1 amide bonds. The Morgan fingerprint density at radius 2 is 2.00 bits per heavy atom. The molecule has 3 nitrogen and oxygen atoms in total. The lowest BCUT2D eigenvalue weighted by molar-refractivity contribution is -0.127. The van der Waals surface area contributed by atoms with E-state index in [0.717, 1.165) is 37.5 Å². The number of hydrogen-bond donors (Lipinski definition) is 1. The van der Waals surface area contributed by atoms with Crippen LogP contribution in [0.4, 0.5) is 4.39 Å². The average Bonchev–Trinajstić information content (AvgIpc) is 3.20. The summed E-state index contributed by atoms with van der Waals surface area (Å²) in [5, 5.41) is 3.50. The quantitative estimate of drug-likeness (QED) is 0.861. The number of carbonyl (C=O) groups is 1. The van der Waals surface area contributed by atoms with E-state index in [1.807, 2.05) is 4.90 Å². The monoisotopic (exact) mass is 276 g/mol. The van der Waals surface area contributed by atoms with E-state index in [0.29, 0.717) is 12.5 Å². The maximum absolute atomic E-state index is 12.8. The average molecular weight is 276 g/mol. The van der Waals surface area contributed by atoms with E-state index < -0.39 is 0 Å². The minimum Gasteiger partial charge on any atom is -0.341 e. The van der Waals surface area contributed by atoms with E-state index in [9.17, 15) is 9.18 Å². The molecule has 1 aromatic carbocycles. The summed E-state index contributed by atoms with van der Waals surface area (Å²) in [7, 11) is 0. The molecule has 0 unspecified atom stereocenters. The Balaban J connectivity index is 1.44. The van der Waals surface area contributed by atoms with Crippen molar-refractivity contribution >= 4 is 5.91 Å². The molecular weight excluding hydrogens is 255 g/mol. The van der Waals surface area contributed by atoms with Crippen molar-refractivity contribution in [3.05, 3.63) is 35.6 Å². The summed E-state index contributed by atoms with van der Waals surface area (Å²) >= 11 is 0. The predicted molar refractivity (Wildman–Crippen MR) is 75.8 cm³/mol. The molecule has 108 valence electrons. The van der Waals surface area contributed by atoms with Crippen molar-refractivity contribution in [2.75, 3.05) is 19.6 Å². The molecule has 1 aromatic rings. The number of hydrogen-bond acceptors (Lipinski definition) is 2. The Bertz CT molecular complexity index is 470. The van der Waals surface area contributed by atoms with Crippen LogP contribution in [0.15, 0.2) is 24.3 Å². The van der Waals surface area contributed by atoms with Gasteiger partial charge < -0.3 is 10.2 Å². The molecule has 0 radical (unpaired) electrons. The summed E-state index contributed by atoms with van der Waals surface area (Å²) in [5.41, 5.74) is 1.08. The Kier molecular flexibility index (Phi) is 4.01. The van der Waals surface area contributed by atoms with Gasteiger partial charge in [0.15, 0.2) is 0 Å². The van der Waals surface area contributed by atoms with Crippen LogP contribution in [0.3, 0.4) is 0 Å². The number of nitrogens with one attached hydrogen (secondary N) is 1. The van der Waals surface area contributed by atoms with Crippen molar-refractivity contribution in [3.8, 4) is 0 Å². The molecule has 0 bridgehead atoms. The minimum absolute atomic E-state index is 0.213. The standard InChI is InChI=1S/C16H21FN2O/c17-14-5-3-12(4-6-14)7-8-19-11-15(9-16(19)20)18-10-13-1-2-13/h3-6,13,15,18H,1-2,7-11H2/t15-/m0/s1. The lowest BCUT2D eigenvalue weighted by atomic mass is 10.1. The van der Waals surface area contributed by atoms with E-state index in [4.69, 9.17) is 0 Å².